The van der Waals surface area contributed by atoms with Gasteiger partial charge in [-0.3, -0.25) is 4.79 Å². The summed E-state index contributed by atoms with van der Waals surface area (Å²) in [6.45, 7) is 4.56. The van der Waals surface area contributed by atoms with Gasteiger partial charge in [-0.15, -0.1) is 0 Å². The minimum absolute atomic E-state index is 0.210. The molecule has 3 aromatic rings. The monoisotopic (exact) mass is 434 g/mol. The number of carbonyl (C=O) groups is 1. The van der Waals surface area contributed by atoms with E-state index in [1.54, 1.807) is 36.5 Å². The second-order valence-corrected chi connectivity index (χ2v) is 7.91. The summed E-state index contributed by atoms with van der Waals surface area (Å²) in [5.74, 6) is 0.924. The first kappa shape index (κ1) is 21.8. The van der Waals surface area contributed by atoms with Crippen molar-refractivity contribution in [2.45, 2.75) is 13.2 Å². The predicted octanol–water partition coefficient (Wildman–Crippen LogP) is 3.48. The minimum atomic E-state index is -0.291. The molecule has 0 spiro atoms. The predicted molar refractivity (Wildman–Crippen MR) is 122 cm³/mol. The number of amides is 1. The number of nitrogens with one attached hydrogen (secondary N) is 1. The topological polar surface area (TPSA) is 57.7 Å². The maximum atomic E-state index is 13.1. The standard InChI is InChI=1S/C25H27FN4O2/c1-29-12-14-30(15-13-29)24-16-20(10-11-27-24)17-28-25(31)22-4-2-3-5-23(22)32-18-19-6-8-21(26)9-7-19/h2-11,16H,12-15,17-18H2,1H3,(H,28,31). The van der Waals surface area contributed by atoms with Crippen LogP contribution in [0.4, 0.5) is 10.2 Å². The van der Waals surface area contributed by atoms with Gasteiger partial charge in [-0.1, -0.05) is 24.3 Å². The van der Waals surface area contributed by atoms with Gasteiger partial charge in [0.15, 0.2) is 0 Å². The fourth-order valence-electron chi connectivity index (χ4n) is 3.58. The van der Waals surface area contributed by atoms with Crippen LogP contribution >= 0.6 is 0 Å². The molecule has 1 amide bonds. The highest BCUT2D eigenvalue weighted by Gasteiger charge is 2.16. The quantitative estimate of drug-likeness (QED) is 0.617. The lowest BCUT2D eigenvalue weighted by Crippen LogP contribution is -2.44. The van der Waals surface area contributed by atoms with E-state index in [9.17, 15) is 9.18 Å². The molecule has 0 saturated carbocycles. The lowest BCUT2D eigenvalue weighted by molar-refractivity contribution is 0.0946. The molecule has 1 aliphatic rings. The van der Waals surface area contributed by atoms with E-state index in [0.29, 0.717) is 17.9 Å². The van der Waals surface area contributed by atoms with Crippen LogP contribution in [0, 0.1) is 5.82 Å². The average Bonchev–Trinajstić information content (AvgIpc) is 2.83. The fourth-order valence-corrected chi connectivity index (χ4v) is 3.58. The number of ether oxygens (including phenoxy) is 1. The number of hydrogen-bond acceptors (Lipinski definition) is 5. The molecule has 2 heterocycles. The van der Waals surface area contributed by atoms with Crippen LogP contribution in [0.25, 0.3) is 0 Å². The van der Waals surface area contributed by atoms with E-state index in [0.717, 1.165) is 43.1 Å². The molecule has 1 aromatic heterocycles. The Morgan fingerprint density at radius 1 is 1.03 bits per heavy atom. The zero-order valence-electron chi connectivity index (χ0n) is 18.1. The van der Waals surface area contributed by atoms with Crippen LogP contribution in [0.1, 0.15) is 21.5 Å². The first-order valence-corrected chi connectivity index (χ1v) is 10.7. The largest absolute Gasteiger partial charge is 0.488 e. The van der Waals surface area contributed by atoms with Crippen molar-refractivity contribution in [3.63, 3.8) is 0 Å². The number of nitrogens with zero attached hydrogens (tertiary/aromatic N) is 3. The number of para-hydroxylation sites is 1. The molecule has 6 nitrogen and oxygen atoms in total. The molecule has 0 aliphatic carbocycles. The van der Waals surface area contributed by atoms with Crippen LogP contribution in [0.5, 0.6) is 5.75 Å². The van der Waals surface area contributed by atoms with Crippen molar-refractivity contribution >= 4 is 11.7 Å². The minimum Gasteiger partial charge on any atom is -0.488 e. The highest BCUT2D eigenvalue weighted by molar-refractivity contribution is 5.96. The number of aromatic nitrogens is 1. The maximum Gasteiger partial charge on any atom is 0.255 e. The Bertz CT molecular complexity index is 1050. The van der Waals surface area contributed by atoms with E-state index in [2.05, 4.69) is 27.1 Å². The van der Waals surface area contributed by atoms with E-state index < -0.39 is 0 Å². The first-order valence-electron chi connectivity index (χ1n) is 10.7. The molecule has 2 aromatic carbocycles. The third kappa shape index (κ3) is 5.62. The maximum absolute atomic E-state index is 13.1. The summed E-state index contributed by atoms with van der Waals surface area (Å²) in [4.78, 5) is 21.9. The fraction of sp³-hybridized carbons (Fsp3) is 0.280. The number of piperazine rings is 1. The van der Waals surface area contributed by atoms with E-state index in [-0.39, 0.29) is 18.3 Å². The van der Waals surface area contributed by atoms with Crippen LogP contribution < -0.4 is 15.0 Å². The second-order valence-electron chi connectivity index (χ2n) is 7.91. The molecule has 1 fully saturated rings. The van der Waals surface area contributed by atoms with Crippen molar-refractivity contribution in [1.82, 2.24) is 15.2 Å². The smallest absolute Gasteiger partial charge is 0.255 e. The summed E-state index contributed by atoms with van der Waals surface area (Å²) in [6.07, 6.45) is 1.79. The second kappa shape index (κ2) is 10.2. The van der Waals surface area contributed by atoms with Crippen LogP contribution in [0.15, 0.2) is 66.9 Å². The average molecular weight is 435 g/mol. The molecular formula is C25H27FN4O2. The van der Waals surface area contributed by atoms with Crippen LogP contribution in [0.2, 0.25) is 0 Å². The molecule has 4 rings (SSSR count). The van der Waals surface area contributed by atoms with Crippen LogP contribution in [0.3, 0.4) is 0 Å². The van der Waals surface area contributed by atoms with Crippen molar-refractivity contribution in [3.8, 4) is 5.75 Å². The van der Waals surface area contributed by atoms with Gasteiger partial charge >= 0.3 is 0 Å². The van der Waals surface area contributed by atoms with Crippen molar-refractivity contribution in [3.05, 3.63) is 89.4 Å². The summed E-state index contributed by atoms with van der Waals surface area (Å²) in [5, 5.41) is 2.98. The Kier molecular flexibility index (Phi) is 6.97. The number of anilines is 1. The van der Waals surface area contributed by atoms with Gasteiger partial charge in [0.1, 0.15) is 24.0 Å². The van der Waals surface area contributed by atoms with Gasteiger partial charge in [0.25, 0.3) is 5.91 Å². The summed E-state index contributed by atoms with van der Waals surface area (Å²) in [5.41, 5.74) is 2.28. The summed E-state index contributed by atoms with van der Waals surface area (Å²) in [7, 11) is 2.12. The lowest BCUT2D eigenvalue weighted by Gasteiger charge is -2.33. The molecule has 1 aliphatic heterocycles. The zero-order valence-corrected chi connectivity index (χ0v) is 18.1. The third-order valence-electron chi connectivity index (χ3n) is 5.53. The van der Waals surface area contributed by atoms with Crippen molar-refractivity contribution < 1.29 is 13.9 Å². The molecule has 166 valence electrons. The molecule has 7 heteroatoms. The first-order chi connectivity index (χ1) is 15.6. The molecular weight excluding hydrogens is 407 g/mol. The van der Waals surface area contributed by atoms with Crippen LogP contribution in [-0.2, 0) is 13.2 Å². The van der Waals surface area contributed by atoms with Crippen molar-refractivity contribution in [1.29, 1.82) is 0 Å². The number of carbonyl (C=O) groups excluding carboxylic acids is 1. The number of halogens is 1. The zero-order chi connectivity index (χ0) is 22.3. The molecule has 32 heavy (non-hydrogen) atoms. The summed E-state index contributed by atoms with van der Waals surface area (Å²) in [6, 6.07) is 17.2. The number of hydrogen-bond donors (Lipinski definition) is 1. The number of benzene rings is 2. The Morgan fingerprint density at radius 2 is 1.78 bits per heavy atom. The highest BCUT2D eigenvalue weighted by Crippen LogP contribution is 2.20. The third-order valence-corrected chi connectivity index (χ3v) is 5.53. The summed E-state index contributed by atoms with van der Waals surface area (Å²) >= 11 is 0. The Labute approximate surface area is 187 Å². The number of pyridine rings is 1. The van der Waals surface area contributed by atoms with Crippen molar-refractivity contribution in [2.24, 2.45) is 0 Å². The van der Waals surface area contributed by atoms with E-state index in [1.165, 1.54) is 12.1 Å². The van der Waals surface area contributed by atoms with E-state index in [4.69, 9.17) is 4.74 Å². The lowest BCUT2D eigenvalue weighted by atomic mass is 10.1. The van der Waals surface area contributed by atoms with Gasteiger partial charge in [0.2, 0.25) is 0 Å². The van der Waals surface area contributed by atoms with Gasteiger partial charge in [-0.05, 0) is 54.6 Å². The van der Waals surface area contributed by atoms with Gasteiger partial charge in [0, 0.05) is 38.9 Å². The SMILES string of the molecule is CN1CCN(c2cc(CNC(=O)c3ccccc3OCc3ccc(F)cc3)ccn2)CC1. The summed E-state index contributed by atoms with van der Waals surface area (Å²) < 4.78 is 18.9. The molecule has 1 saturated heterocycles. The molecule has 0 unspecified atom stereocenters. The normalized spacial score (nSPS) is 14.2. The van der Waals surface area contributed by atoms with E-state index >= 15 is 0 Å². The van der Waals surface area contributed by atoms with Gasteiger partial charge in [-0.2, -0.15) is 0 Å². The molecule has 0 radical (unpaired) electrons. The molecule has 0 atom stereocenters. The Hall–Kier alpha value is -3.45. The van der Waals surface area contributed by atoms with Crippen LogP contribution in [-0.4, -0.2) is 49.0 Å². The van der Waals surface area contributed by atoms with Gasteiger partial charge < -0.3 is 19.9 Å². The molecule has 0 bridgehead atoms. The van der Waals surface area contributed by atoms with Gasteiger partial charge in [-0.25, -0.2) is 9.37 Å². The molecule has 1 N–H and O–H groups in total. The van der Waals surface area contributed by atoms with Gasteiger partial charge in [0.05, 0.1) is 5.56 Å². The Balaban J connectivity index is 1.37. The number of likely N-dealkylation sites (N-methyl/N-ethyl adjacent to an activating group) is 1. The van der Waals surface area contributed by atoms with Crippen molar-refractivity contribution in [2.75, 3.05) is 38.1 Å². The van der Waals surface area contributed by atoms with E-state index in [1.807, 2.05) is 18.2 Å². The Morgan fingerprint density at radius 3 is 2.56 bits per heavy atom. The highest BCUT2D eigenvalue weighted by atomic mass is 19.1. The number of rotatable bonds is 7.